The van der Waals surface area contributed by atoms with Gasteiger partial charge >= 0.3 is 6.03 Å². The Balaban J connectivity index is 1.68. The van der Waals surface area contributed by atoms with Gasteiger partial charge in [0.05, 0.1) is 0 Å². The molecule has 0 aliphatic rings. The van der Waals surface area contributed by atoms with Crippen molar-refractivity contribution in [3.05, 3.63) is 102 Å². The van der Waals surface area contributed by atoms with E-state index >= 15 is 0 Å². The maximum Gasteiger partial charge on any atom is 0.319 e. The van der Waals surface area contributed by atoms with E-state index in [0.717, 1.165) is 5.69 Å². The fourth-order valence-electron chi connectivity index (χ4n) is 2.81. The highest BCUT2D eigenvalue weighted by Gasteiger charge is 2.15. The van der Waals surface area contributed by atoms with Crippen molar-refractivity contribution in [2.75, 3.05) is 11.9 Å². The number of rotatable bonds is 5. The second kappa shape index (κ2) is 8.15. The zero-order valence-electron chi connectivity index (χ0n) is 14.3. The van der Waals surface area contributed by atoms with Gasteiger partial charge in [0.2, 0.25) is 0 Å². The summed E-state index contributed by atoms with van der Waals surface area (Å²) in [6.45, 7) is 2.56. The summed E-state index contributed by atoms with van der Waals surface area (Å²) in [6, 6.07) is 28.1. The van der Waals surface area contributed by atoms with Crippen LogP contribution >= 0.6 is 0 Å². The maximum absolute atomic E-state index is 12.2. The predicted molar refractivity (Wildman–Crippen MR) is 103 cm³/mol. The molecule has 0 bridgehead atoms. The molecule has 0 unspecified atom stereocenters. The second-order valence-corrected chi connectivity index (χ2v) is 6.08. The van der Waals surface area contributed by atoms with E-state index in [1.165, 1.54) is 16.7 Å². The van der Waals surface area contributed by atoms with Crippen molar-refractivity contribution in [3.63, 3.8) is 0 Å². The summed E-state index contributed by atoms with van der Waals surface area (Å²) in [6.07, 6.45) is 0. The lowest BCUT2D eigenvalue weighted by Crippen LogP contribution is -2.32. The number of carbonyl (C=O) groups is 1. The van der Waals surface area contributed by atoms with Gasteiger partial charge in [0, 0.05) is 18.2 Å². The van der Waals surface area contributed by atoms with Gasteiger partial charge in [-0.15, -0.1) is 0 Å². The fraction of sp³-hybridized carbons (Fsp3) is 0.136. The Bertz CT molecular complexity index is 759. The van der Waals surface area contributed by atoms with Crippen LogP contribution in [0.25, 0.3) is 0 Å². The molecule has 0 aliphatic carbocycles. The minimum Gasteiger partial charge on any atom is -0.337 e. The molecule has 25 heavy (non-hydrogen) atoms. The molecule has 2 amide bonds. The molecule has 126 valence electrons. The van der Waals surface area contributed by atoms with Crippen molar-refractivity contribution in [3.8, 4) is 0 Å². The molecule has 0 spiro atoms. The standard InChI is InChI=1S/C22H22N2O/c1-17-12-14-20(15-13-17)24-22(25)23-16-21(18-8-4-2-5-9-18)19-10-6-3-7-11-19/h2-15,21H,16H2,1H3,(H2,23,24,25). The van der Waals surface area contributed by atoms with E-state index < -0.39 is 0 Å². The Labute approximate surface area is 148 Å². The molecule has 0 aromatic heterocycles. The fourth-order valence-corrected chi connectivity index (χ4v) is 2.81. The quantitative estimate of drug-likeness (QED) is 0.683. The Morgan fingerprint density at radius 1 is 0.800 bits per heavy atom. The highest BCUT2D eigenvalue weighted by Crippen LogP contribution is 2.23. The number of carbonyl (C=O) groups excluding carboxylic acids is 1. The number of aryl methyl sites for hydroxylation is 1. The van der Waals surface area contributed by atoms with Gasteiger partial charge in [0.15, 0.2) is 0 Å². The van der Waals surface area contributed by atoms with E-state index in [9.17, 15) is 4.79 Å². The number of anilines is 1. The first kappa shape index (κ1) is 16.8. The molecule has 3 rings (SSSR count). The molecular weight excluding hydrogens is 308 g/mol. The van der Waals surface area contributed by atoms with E-state index in [1.807, 2.05) is 67.6 Å². The van der Waals surface area contributed by atoms with Crippen molar-refractivity contribution in [2.24, 2.45) is 0 Å². The predicted octanol–water partition coefficient (Wildman–Crippen LogP) is 4.95. The Kier molecular flexibility index (Phi) is 5.47. The molecule has 0 atom stereocenters. The molecule has 3 nitrogen and oxygen atoms in total. The van der Waals surface area contributed by atoms with Gasteiger partial charge in [-0.1, -0.05) is 78.4 Å². The Hall–Kier alpha value is -3.07. The summed E-state index contributed by atoms with van der Waals surface area (Å²) in [5, 5.41) is 5.87. The lowest BCUT2D eigenvalue weighted by molar-refractivity contribution is 0.252. The SMILES string of the molecule is Cc1ccc(NC(=O)NCC(c2ccccc2)c2ccccc2)cc1. The number of urea groups is 1. The van der Waals surface area contributed by atoms with Crippen molar-refractivity contribution in [1.82, 2.24) is 5.32 Å². The first-order valence-electron chi connectivity index (χ1n) is 8.44. The first-order chi connectivity index (χ1) is 12.2. The van der Waals surface area contributed by atoms with E-state index in [-0.39, 0.29) is 11.9 Å². The summed E-state index contributed by atoms with van der Waals surface area (Å²) in [5.41, 5.74) is 4.33. The third-order valence-corrected chi connectivity index (χ3v) is 4.18. The molecule has 3 aromatic carbocycles. The number of nitrogens with one attached hydrogen (secondary N) is 2. The molecule has 0 aliphatic heterocycles. The normalized spacial score (nSPS) is 10.5. The van der Waals surface area contributed by atoms with Gasteiger partial charge in [0.1, 0.15) is 0 Å². The first-order valence-corrected chi connectivity index (χ1v) is 8.44. The lowest BCUT2D eigenvalue weighted by Gasteiger charge is -2.19. The van der Waals surface area contributed by atoms with Crippen LogP contribution in [0.15, 0.2) is 84.9 Å². The topological polar surface area (TPSA) is 41.1 Å². The van der Waals surface area contributed by atoms with Crippen LogP contribution in [0.5, 0.6) is 0 Å². The number of amides is 2. The van der Waals surface area contributed by atoms with E-state index in [4.69, 9.17) is 0 Å². The number of hydrogen-bond donors (Lipinski definition) is 2. The van der Waals surface area contributed by atoms with E-state index in [1.54, 1.807) is 0 Å². The zero-order chi connectivity index (χ0) is 17.5. The largest absolute Gasteiger partial charge is 0.337 e. The van der Waals surface area contributed by atoms with Crippen LogP contribution < -0.4 is 10.6 Å². The number of benzene rings is 3. The summed E-state index contributed by atoms with van der Waals surface area (Å²) < 4.78 is 0. The van der Waals surface area contributed by atoms with Gasteiger partial charge in [0.25, 0.3) is 0 Å². The van der Waals surface area contributed by atoms with Gasteiger partial charge in [-0.3, -0.25) is 0 Å². The Morgan fingerprint density at radius 2 is 1.32 bits per heavy atom. The van der Waals surface area contributed by atoms with Crippen LogP contribution in [0.2, 0.25) is 0 Å². The molecule has 0 saturated carbocycles. The van der Waals surface area contributed by atoms with Crippen LogP contribution in [-0.2, 0) is 0 Å². The van der Waals surface area contributed by atoms with Crippen molar-refractivity contribution in [1.29, 1.82) is 0 Å². The van der Waals surface area contributed by atoms with Crippen LogP contribution in [-0.4, -0.2) is 12.6 Å². The molecule has 0 heterocycles. The van der Waals surface area contributed by atoms with Gasteiger partial charge in [-0.05, 0) is 30.2 Å². The summed E-state index contributed by atoms with van der Waals surface area (Å²) in [7, 11) is 0. The molecule has 0 fully saturated rings. The molecule has 0 saturated heterocycles. The third kappa shape index (κ3) is 4.70. The van der Waals surface area contributed by atoms with E-state index in [2.05, 4.69) is 34.9 Å². The molecule has 3 heteroatoms. The second-order valence-electron chi connectivity index (χ2n) is 6.08. The van der Waals surface area contributed by atoms with Gasteiger partial charge in [-0.2, -0.15) is 0 Å². The highest BCUT2D eigenvalue weighted by molar-refractivity contribution is 5.89. The monoisotopic (exact) mass is 330 g/mol. The van der Waals surface area contributed by atoms with Gasteiger partial charge in [-0.25, -0.2) is 4.79 Å². The van der Waals surface area contributed by atoms with E-state index in [0.29, 0.717) is 6.54 Å². The van der Waals surface area contributed by atoms with Crippen LogP contribution in [0.4, 0.5) is 10.5 Å². The highest BCUT2D eigenvalue weighted by atomic mass is 16.2. The minimum absolute atomic E-state index is 0.117. The lowest BCUT2D eigenvalue weighted by atomic mass is 9.91. The summed E-state index contributed by atoms with van der Waals surface area (Å²) in [4.78, 5) is 12.2. The minimum atomic E-state index is -0.194. The number of hydrogen-bond acceptors (Lipinski definition) is 1. The maximum atomic E-state index is 12.2. The van der Waals surface area contributed by atoms with Crippen molar-refractivity contribution < 1.29 is 4.79 Å². The summed E-state index contributed by atoms with van der Waals surface area (Å²) in [5.74, 6) is 0.117. The van der Waals surface area contributed by atoms with Crippen LogP contribution in [0.1, 0.15) is 22.6 Å². The molecule has 3 aromatic rings. The summed E-state index contributed by atoms with van der Waals surface area (Å²) >= 11 is 0. The van der Waals surface area contributed by atoms with Crippen molar-refractivity contribution in [2.45, 2.75) is 12.8 Å². The average molecular weight is 330 g/mol. The Morgan fingerprint density at radius 3 is 1.84 bits per heavy atom. The molecule has 2 N–H and O–H groups in total. The van der Waals surface area contributed by atoms with Crippen LogP contribution in [0.3, 0.4) is 0 Å². The van der Waals surface area contributed by atoms with Crippen LogP contribution in [0, 0.1) is 6.92 Å². The third-order valence-electron chi connectivity index (χ3n) is 4.18. The smallest absolute Gasteiger partial charge is 0.319 e. The van der Waals surface area contributed by atoms with Crippen molar-refractivity contribution >= 4 is 11.7 Å². The molecule has 0 radical (unpaired) electrons. The molecular formula is C22H22N2O. The van der Waals surface area contributed by atoms with Gasteiger partial charge < -0.3 is 10.6 Å². The average Bonchev–Trinajstić information content (AvgIpc) is 2.66. The zero-order valence-corrected chi connectivity index (χ0v) is 14.3.